The number of aromatic nitrogens is 1. The van der Waals surface area contributed by atoms with Crippen molar-refractivity contribution < 1.29 is 9.53 Å². The minimum Gasteiger partial charge on any atom is -0.372 e. The molecular formula is C23H29N3O2. The molecular weight excluding hydrogens is 350 g/mol. The van der Waals surface area contributed by atoms with Gasteiger partial charge in [0.25, 0.3) is 5.91 Å². The number of hydrogen-bond acceptors (Lipinski definition) is 4. The molecule has 1 fully saturated rings. The highest BCUT2D eigenvalue weighted by Gasteiger charge is 2.46. The summed E-state index contributed by atoms with van der Waals surface area (Å²) in [6.07, 6.45) is 6.54. The Balaban J connectivity index is 1.46. The molecule has 0 saturated carbocycles. The molecule has 0 radical (unpaired) electrons. The van der Waals surface area contributed by atoms with E-state index in [0.717, 1.165) is 51.1 Å². The molecule has 4 rings (SSSR count). The first-order valence-corrected chi connectivity index (χ1v) is 10.1. The van der Waals surface area contributed by atoms with Crippen LogP contribution in [0.15, 0.2) is 48.8 Å². The second kappa shape index (κ2) is 8.02. The number of benzene rings is 1. The molecule has 1 atom stereocenters. The maximum atomic E-state index is 12.8. The van der Waals surface area contributed by atoms with Gasteiger partial charge in [0.2, 0.25) is 0 Å². The molecule has 2 heterocycles. The predicted octanol–water partition coefficient (Wildman–Crippen LogP) is 3.28. The monoisotopic (exact) mass is 379 g/mol. The molecule has 28 heavy (non-hydrogen) atoms. The Morgan fingerprint density at radius 3 is 2.61 bits per heavy atom. The van der Waals surface area contributed by atoms with Crippen molar-refractivity contribution in [3.8, 4) is 0 Å². The smallest absolute Gasteiger partial charge is 0.253 e. The van der Waals surface area contributed by atoms with E-state index in [-0.39, 0.29) is 17.4 Å². The van der Waals surface area contributed by atoms with Crippen molar-refractivity contribution >= 4 is 5.91 Å². The maximum absolute atomic E-state index is 12.8. The number of nitrogens with zero attached hydrogens (tertiary/aromatic N) is 3. The van der Waals surface area contributed by atoms with Crippen LogP contribution < -0.4 is 0 Å². The summed E-state index contributed by atoms with van der Waals surface area (Å²) in [5.41, 5.74) is 3.63. The van der Waals surface area contributed by atoms with E-state index in [1.54, 1.807) is 24.5 Å². The summed E-state index contributed by atoms with van der Waals surface area (Å²) >= 11 is 0. The molecule has 1 aliphatic carbocycles. The maximum Gasteiger partial charge on any atom is 0.253 e. The van der Waals surface area contributed by atoms with Crippen LogP contribution in [0.25, 0.3) is 0 Å². The van der Waals surface area contributed by atoms with Crippen LogP contribution in [-0.2, 0) is 10.2 Å². The number of amides is 1. The van der Waals surface area contributed by atoms with E-state index in [1.165, 1.54) is 11.1 Å². The lowest BCUT2D eigenvalue weighted by atomic mass is 9.73. The molecule has 5 heteroatoms. The Hall–Kier alpha value is -2.24. The molecule has 1 amide bonds. The SMILES string of the molecule is CN(C)CCO[C@H]1CC2(CCN(C(=O)c3ccncc3)CC2)c2ccccc21. The van der Waals surface area contributed by atoms with Crippen LogP contribution in [0, 0.1) is 0 Å². The minimum absolute atomic E-state index is 0.113. The van der Waals surface area contributed by atoms with Crippen molar-refractivity contribution in [2.45, 2.75) is 30.8 Å². The zero-order valence-corrected chi connectivity index (χ0v) is 16.8. The highest BCUT2D eigenvalue weighted by atomic mass is 16.5. The van der Waals surface area contributed by atoms with Gasteiger partial charge in [-0.2, -0.15) is 0 Å². The molecule has 2 aliphatic rings. The van der Waals surface area contributed by atoms with E-state index < -0.39 is 0 Å². The lowest BCUT2D eigenvalue weighted by Gasteiger charge is -2.40. The van der Waals surface area contributed by atoms with E-state index in [2.05, 4.69) is 48.2 Å². The van der Waals surface area contributed by atoms with Crippen LogP contribution in [-0.4, -0.2) is 61.0 Å². The average molecular weight is 380 g/mol. The molecule has 0 unspecified atom stereocenters. The van der Waals surface area contributed by atoms with Crippen molar-refractivity contribution in [1.29, 1.82) is 0 Å². The van der Waals surface area contributed by atoms with Crippen LogP contribution in [0.1, 0.15) is 46.9 Å². The Kier molecular flexibility index (Phi) is 5.47. The molecule has 0 bridgehead atoms. The predicted molar refractivity (Wildman–Crippen MR) is 109 cm³/mol. The van der Waals surface area contributed by atoms with Gasteiger partial charge >= 0.3 is 0 Å². The van der Waals surface area contributed by atoms with Gasteiger partial charge in [-0.3, -0.25) is 9.78 Å². The number of rotatable bonds is 5. The highest BCUT2D eigenvalue weighted by molar-refractivity contribution is 5.94. The van der Waals surface area contributed by atoms with Gasteiger partial charge in [-0.05, 0) is 56.6 Å². The molecule has 1 aliphatic heterocycles. The van der Waals surface area contributed by atoms with Crippen molar-refractivity contribution in [2.24, 2.45) is 0 Å². The summed E-state index contributed by atoms with van der Waals surface area (Å²) in [6, 6.07) is 12.3. The molecule has 1 aromatic heterocycles. The second-order valence-electron chi connectivity index (χ2n) is 8.26. The number of likely N-dealkylation sites (tertiary alicyclic amines) is 1. The molecule has 148 valence electrons. The van der Waals surface area contributed by atoms with Gasteiger partial charge in [-0.15, -0.1) is 0 Å². The Bertz CT molecular complexity index is 814. The molecule has 0 N–H and O–H groups in total. The average Bonchev–Trinajstić information content (AvgIpc) is 3.02. The number of piperidine rings is 1. The summed E-state index contributed by atoms with van der Waals surface area (Å²) < 4.78 is 6.28. The Labute approximate surface area is 167 Å². The van der Waals surface area contributed by atoms with Crippen molar-refractivity contribution in [3.05, 3.63) is 65.5 Å². The zero-order chi connectivity index (χ0) is 19.6. The molecule has 1 spiro atoms. The third-order valence-electron chi connectivity index (χ3n) is 6.25. The van der Waals surface area contributed by atoms with E-state index >= 15 is 0 Å². The summed E-state index contributed by atoms with van der Waals surface area (Å²) in [5, 5.41) is 0. The van der Waals surface area contributed by atoms with Gasteiger partial charge in [-0.25, -0.2) is 0 Å². The first-order valence-electron chi connectivity index (χ1n) is 10.1. The fraction of sp³-hybridized carbons (Fsp3) is 0.478. The number of hydrogen-bond donors (Lipinski definition) is 0. The van der Waals surface area contributed by atoms with Crippen molar-refractivity contribution in [3.63, 3.8) is 0 Å². The quantitative estimate of drug-likeness (QED) is 0.800. The number of ether oxygens (including phenoxy) is 1. The second-order valence-corrected chi connectivity index (χ2v) is 8.26. The Morgan fingerprint density at radius 1 is 1.18 bits per heavy atom. The van der Waals surface area contributed by atoms with Gasteiger partial charge < -0.3 is 14.5 Å². The van der Waals surface area contributed by atoms with E-state index in [9.17, 15) is 4.79 Å². The largest absolute Gasteiger partial charge is 0.372 e. The molecule has 1 saturated heterocycles. The van der Waals surface area contributed by atoms with Gasteiger partial charge in [-0.1, -0.05) is 24.3 Å². The van der Waals surface area contributed by atoms with Crippen LogP contribution >= 0.6 is 0 Å². The third kappa shape index (κ3) is 3.69. The molecule has 2 aromatic rings. The lowest BCUT2D eigenvalue weighted by molar-refractivity contribution is 0.0252. The van der Waals surface area contributed by atoms with Crippen molar-refractivity contribution in [1.82, 2.24) is 14.8 Å². The van der Waals surface area contributed by atoms with E-state index in [4.69, 9.17) is 4.74 Å². The number of pyridine rings is 1. The molecule has 5 nitrogen and oxygen atoms in total. The third-order valence-corrected chi connectivity index (χ3v) is 6.25. The summed E-state index contributed by atoms with van der Waals surface area (Å²) in [7, 11) is 4.14. The zero-order valence-electron chi connectivity index (χ0n) is 16.8. The van der Waals surface area contributed by atoms with Gasteiger partial charge in [0.1, 0.15) is 0 Å². The fourth-order valence-corrected chi connectivity index (χ4v) is 4.65. The number of carbonyl (C=O) groups excluding carboxylic acids is 1. The van der Waals surface area contributed by atoms with Gasteiger partial charge in [0.15, 0.2) is 0 Å². The van der Waals surface area contributed by atoms with Gasteiger partial charge in [0, 0.05) is 43.0 Å². The first kappa shape index (κ1) is 19.1. The topological polar surface area (TPSA) is 45.7 Å². The fourth-order valence-electron chi connectivity index (χ4n) is 4.65. The number of carbonyl (C=O) groups is 1. The number of fused-ring (bicyclic) bond motifs is 2. The molecule has 1 aromatic carbocycles. The highest BCUT2D eigenvalue weighted by Crippen LogP contribution is 2.52. The minimum atomic E-state index is 0.113. The van der Waals surface area contributed by atoms with Gasteiger partial charge in [0.05, 0.1) is 12.7 Å². The summed E-state index contributed by atoms with van der Waals surface area (Å²) in [6.45, 7) is 3.26. The van der Waals surface area contributed by atoms with Crippen LogP contribution in [0.2, 0.25) is 0 Å². The lowest BCUT2D eigenvalue weighted by Crippen LogP contribution is -2.44. The summed E-state index contributed by atoms with van der Waals surface area (Å²) in [4.78, 5) is 20.9. The van der Waals surface area contributed by atoms with Crippen LogP contribution in [0.4, 0.5) is 0 Å². The van der Waals surface area contributed by atoms with E-state index in [1.807, 2.05) is 4.90 Å². The summed E-state index contributed by atoms with van der Waals surface area (Å²) in [5.74, 6) is 0.113. The van der Waals surface area contributed by atoms with Crippen molar-refractivity contribution in [2.75, 3.05) is 40.3 Å². The van der Waals surface area contributed by atoms with E-state index in [0.29, 0.717) is 0 Å². The first-order chi connectivity index (χ1) is 13.6. The Morgan fingerprint density at radius 2 is 1.89 bits per heavy atom. The normalized spacial score (nSPS) is 20.5. The van der Waals surface area contributed by atoms with Crippen LogP contribution in [0.3, 0.4) is 0 Å². The standard InChI is InChI=1S/C23H29N3O2/c1-25(2)15-16-28-21-17-23(20-6-4-3-5-19(20)21)9-13-26(14-10-23)22(27)18-7-11-24-12-8-18/h3-8,11-12,21H,9-10,13-17H2,1-2H3/t21-/m0/s1. The van der Waals surface area contributed by atoms with Crippen LogP contribution in [0.5, 0.6) is 0 Å². The number of likely N-dealkylation sites (N-methyl/N-ethyl adjacent to an activating group) is 1.